The molecule has 1 N–H and O–H groups in total. The molecule has 2 rings (SSSR count). The molecule has 0 saturated carbocycles. The van der Waals surface area contributed by atoms with Crippen LogP contribution in [0.1, 0.15) is 13.3 Å². The Morgan fingerprint density at radius 2 is 2.22 bits per heavy atom. The van der Waals surface area contributed by atoms with E-state index in [1.807, 2.05) is 14.0 Å². The van der Waals surface area contributed by atoms with E-state index in [2.05, 4.69) is 15.2 Å². The summed E-state index contributed by atoms with van der Waals surface area (Å²) < 4.78 is 24.0. The van der Waals surface area contributed by atoms with Crippen molar-refractivity contribution in [3.05, 3.63) is 30.1 Å². The highest BCUT2D eigenvalue weighted by molar-refractivity contribution is 5.79. The largest absolute Gasteiger partial charge is 0.489 e. The lowest BCUT2D eigenvalue weighted by atomic mass is 10.1. The Balaban J connectivity index is 1.76. The molecule has 1 aromatic rings. The van der Waals surface area contributed by atoms with Crippen molar-refractivity contribution in [3.63, 3.8) is 0 Å². The van der Waals surface area contributed by atoms with Gasteiger partial charge in [-0.25, -0.2) is 4.39 Å². The first-order chi connectivity index (χ1) is 11.1. The summed E-state index contributed by atoms with van der Waals surface area (Å²) in [6.45, 7) is 5.19. The van der Waals surface area contributed by atoms with Crippen LogP contribution in [0.25, 0.3) is 0 Å². The number of nitrogens with one attached hydrogen (secondary N) is 1. The minimum Gasteiger partial charge on any atom is -0.489 e. The maximum absolute atomic E-state index is 12.9. The maximum atomic E-state index is 12.9. The summed E-state index contributed by atoms with van der Waals surface area (Å²) in [4.78, 5) is 6.42. The smallest absolute Gasteiger partial charge is 0.193 e. The molecule has 2 unspecified atom stereocenters. The first-order valence-corrected chi connectivity index (χ1v) is 8.00. The Morgan fingerprint density at radius 1 is 1.48 bits per heavy atom. The lowest BCUT2D eigenvalue weighted by Gasteiger charge is -2.25. The van der Waals surface area contributed by atoms with Crippen molar-refractivity contribution in [2.24, 2.45) is 10.9 Å². The average molecular weight is 323 g/mol. The van der Waals surface area contributed by atoms with Gasteiger partial charge in [-0.2, -0.15) is 0 Å². The molecule has 5 nitrogen and oxygen atoms in total. The zero-order valence-corrected chi connectivity index (χ0v) is 14.1. The van der Waals surface area contributed by atoms with Crippen LogP contribution in [-0.4, -0.2) is 57.4 Å². The molecule has 2 atom stereocenters. The summed E-state index contributed by atoms with van der Waals surface area (Å²) in [5.74, 6) is 1.80. The third kappa shape index (κ3) is 5.71. The topological polar surface area (TPSA) is 46.1 Å². The summed E-state index contributed by atoms with van der Waals surface area (Å²) in [5.41, 5.74) is 0. The lowest BCUT2D eigenvalue weighted by molar-refractivity contribution is 0.180. The monoisotopic (exact) mass is 323 g/mol. The Bertz CT molecular complexity index is 501. The molecule has 1 aliphatic heterocycles. The van der Waals surface area contributed by atoms with Crippen molar-refractivity contribution in [1.29, 1.82) is 0 Å². The zero-order chi connectivity index (χ0) is 16.7. The Morgan fingerprint density at radius 3 is 2.83 bits per heavy atom. The number of nitrogens with zero attached hydrogens (tertiary/aromatic N) is 2. The maximum Gasteiger partial charge on any atom is 0.193 e. The van der Waals surface area contributed by atoms with Gasteiger partial charge < -0.3 is 19.7 Å². The van der Waals surface area contributed by atoms with Gasteiger partial charge in [0.15, 0.2) is 5.96 Å². The van der Waals surface area contributed by atoms with Gasteiger partial charge >= 0.3 is 0 Å². The molecule has 6 heteroatoms. The van der Waals surface area contributed by atoms with Crippen molar-refractivity contribution in [3.8, 4) is 5.75 Å². The van der Waals surface area contributed by atoms with Crippen LogP contribution in [-0.2, 0) is 4.74 Å². The number of ether oxygens (including phenoxy) is 2. The summed E-state index contributed by atoms with van der Waals surface area (Å²) in [5, 5.41) is 3.31. The Labute approximate surface area is 137 Å². The van der Waals surface area contributed by atoms with Crippen LogP contribution in [0.2, 0.25) is 0 Å². The van der Waals surface area contributed by atoms with Gasteiger partial charge in [-0.1, -0.05) is 0 Å². The van der Waals surface area contributed by atoms with E-state index < -0.39 is 0 Å². The molecule has 1 saturated heterocycles. The van der Waals surface area contributed by atoms with E-state index in [1.54, 1.807) is 19.2 Å². The molecule has 0 bridgehead atoms. The second kappa shape index (κ2) is 8.72. The van der Waals surface area contributed by atoms with Crippen molar-refractivity contribution in [2.75, 3.05) is 40.4 Å². The molecule has 23 heavy (non-hydrogen) atoms. The predicted molar refractivity (Wildman–Crippen MR) is 89.4 cm³/mol. The molecule has 1 aromatic carbocycles. The third-order valence-corrected chi connectivity index (χ3v) is 3.83. The van der Waals surface area contributed by atoms with Crippen LogP contribution >= 0.6 is 0 Å². The molecule has 0 radical (unpaired) electrons. The van der Waals surface area contributed by atoms with Crippen LogP contribution in [0.15, 0.2) is 29.3 Å². The van der Waals surface area contributed by atoms with E-state index >= 15 is 0 Å². The van der Waals surface area contributed by atoms with Crippen LogP contribution in [0.5, 0.6) is 5.75 Å². The molecule has 128 valence electrons. The minimum absolute atomic E-state index is 0.0552. The number of aliphatic imine (C=N–C) groups is 1. The molecule has 1 aliphatic rings. The second-order valence-electron chi connectivity index (χ2n) is 5.92. The number of guanidine groups is 1. The van der Waals surface area contributed by atoms with Gasteiger partial charge in [-0.15, -0.1) is 0 Å². The fourth-order valence-corrected chi connectivity index (χ4v) is 2.61. The molecule has 1 fully saturated rings. The predicted octanol–water partition coefficient (Wildman–Crippen LogP) is 2.14. The summed E-state index contributed by atoms with van der Waals surface area (Å²) in [6, 6.07) is 6.05. The van der Waals surface area contributed by atoms with Crippen LogP contribution in [0.4, 0.5) is 4.39 Å². The van der Waals surface area contributed by atoms with Gasteiger partial charge in [0.25, 0.3) is 0 Å². The highest BCUT2D eigenvalue weighted by Gasteiger charge is 2.19. The Hall–Kier alpha value is -1.82. The van der Waals surface area contributed by atoms with Crippen molar-refractivity contribution >= 4 is 5.96 Å². The van der Waals surface area contributed by atoms with Crippen LogP contribution in [0.3, 0.4) is 0 Å². The van der Waals surface area contributed by atoms with Gasteiger partial charge in [0, 0.05) is 33.2 Å². The quantitative estimate of drug-likeness (QED) is 0.643. The van der Waals surface area contributed by atoms with E-state index in [0.29, 0.717) is 18.2 Å². The van der Waals surface area contributed by atoms with E-state index in [-0.39, 0.29) is 11.9 Å². The van der Waals surface area contributed by atoms with Gasteiger partial charge in [0.1, 0.15) is 17.7 Å². The number of hydrogen-bond donors (Lipinski definition) is 1. The first-order valence-electron chi connectivity index (χ1n) is 8.00. The number of hydrogen-bond acceptors (Lipinski definition) is 3. The van der Waals surface area contributed by atoms with Gasteiger partial charge in [0.05, 0.1) is 13.2 Å². The van der Waals surface area contributed by atoms with Gasteiger partial charge in [0.2, 0.25) is 0 Å². The summed E-state index contributed by atoms with van der Waals surface area (Å²) >= 11 is 0. The SMILES string of the molecule is CN=C(NCC(C)Oc1ccc(F)cc1)N(C)CC1CCOC1. The first kappa shape index (κ1) is 17.5. The molecule has 1 heterocycles. The van der Waals surface area contributed by atoms with E-state index in [1.165, 1.54) is 12.1 Å². The molecule has 0 amide bonds. The van der Waals surface area contributed by atoms with E-state index in [9.17, 15) is 4.39 Å². The minimum atomic E-state index is -0.263. The van der Waals surface area contributed by atoms with Crippen molar-refractivity contribution < 1.29 is 13.9 Å². The van der Waals surface area contributed by atoms with E-state index in [4.69, 9.17) is 9.47 Å². The standard InChI is InChI=1S/C17H26FN3O2/c1-13(23-16-6-4-15(18)5-7-16)10-20-17(19-2)21(3)11-14-8-9-22-12-14/h4-7,13-14H,8-12H2,1-3H3,(H,19,20). The summed E-state index contributed by atoms with van der Waals surface area (Å²) in [6.07, 6.45) is 1.05. The molecular weight excluding hydrogens is 297 g/mol. The summed E-state index contributed by atoms with van der Waals surface area (Å²) in [7, 11) is 3.80. The molecule has 0 spiro atoms. The molecular formula is C17H26FN3O2. The fraction of sp³-hybridized carbons (Fsp3) is 0.588. The zero-order valence-electron chi connectivity index (χ0n) is 14.1. The normalized spacial score (nSPS) is 19.5. The Kier molecular flexibility index (Phi) is 6.65. The lowest BCUT2D eigenvalue weighted by Crippen LogP contribution is -2.44. The highest BCUT2D eigenvalue weighted by Crippen LogP contribution is 2.14. The number of benzene rings is 1. The highest BCUT2D eigenvalue weighted by atomic mass is 19.1. The number of halogens is 1. The van der Waals surface area contributed by atoms with Crippen LogP contribution < -0.4 is 10.1 Å². The third-order valence-electron chi connectivity index (χ3n) is 3.83. The molecule has 0 aliphatic carbocycles. The van der Waals surface area contributed by atoms with Gasteiger partial charge in [-0.05, 0) is 37.6 Å². The second-order valence-corrected chi connectivity index (χ2v) is 5.92. The van der Waals surface area contributed by atoms with Crippen molar-refractivity contribution in [1.82, 2.24) is 10.2 Å². The van der Waals surface area contributed by atoms with E-state index in [0.717, 1.165) is 32.1 Å². The average Bonchev–Trinajstić information content (AvgIpc) is 3.03. The van der Waals surface area contributed by atoms with Crippen molar-refractivity contribution in [2.45, 2.75) is 19.4 Å². The molecule has 0 aromatic heterocycles. The van der Waals surface area contributed by atoms with Crippen LogP contribution in [0, 0.1) is 11.7 Å². The van der Waals surface area contributed by atoms with Gasteiger partial charge in [-0.3, -0.25) is 4.99 Å². The fourth-order valence-electron chi connectivity index (χ4n) is 2.61. The number of rotatable bonds is 6.